The van der Waals surface area contributed by atoms with Gasteiger partial charge in [-0.1, -0.05) is 30.8 Å². The van der Waals surface area contributed by atoms with Crippen molar-refractivity contribution in [2.24, 2.45) is 0 Å². The minimum atomic E-state index is 0. The van der Waals surface area contributed by atoms with Crippen LogP contribution < -0.4 is 0 Å². The van der Waals surface area contributed by atoms with Gasteiger partial charge in [-0.2, -0.15) is 0 Å². The van der Waals surface area contributed by atoms with Crippen molar-refractivity contribution in [3.05, 3.63) is 67.8 Å². The van der Waals surface area contributed by atoms with Crippen LogP contribution in [0.25, 0.3) is 10.9 Å². The number of nitrogens with zero attached hydrogens (tertiary/aromatic N) is 3. The fraction of sp³-hybridized carbons (Fsp3) is 0.133. The van der Waals surface area contributed by atoms with Crippen molar-refractivity contribution in [2.45, 2.75) is 0 Å². The van der Waals surface area contributed by atoms with E-state index < -0.39 is 0 Å². The lowest BCUT2D eigenvalue weighted by molar-refractivity contribution is 0.364. The molecule has 0 atom stereocenters. The topological polar surface area (TPSA) is 19.4 Å². The Morgan fingerprint density at radius 1 is 1.16 bits per heavy atom. The SMILES string of the molecule is C=CN1C=CN(C)C1.Cl.c1ccc2ncccc2c1. The van der Waals surface area contributed by atoms with Crippen LogP contribution in [0.5, 0.6) is 0 Å². The van der Waals surface area contributed by atoms with Gasteiger partial charge in [-0.25, -0.2) is 0 Å². The van der Waals surface area contributed by atoms with E-state index in [0.717, 1.165) is 12.2 Å². The van der Waals surface area contributed by atoms with Gasteiger partial charge in [-0.3, -0.25) is 4.98 Å². The molecule has 1 aliphatic rings. The van der Waals surface area contributed by atoms with Gasteiger partial charge >= 0.3 is 0 Å². The highest BCUT2D eigenvalue weighted by molar-refractivity contribution is 5.85. The lowest BCUT2D eigenvalue weighted by Gasteiger charge is -2.11. The molecular formula is C15H18ClN3. The van der Waals surface area contributed by atoms with E-state index in [1.54, 1.807) is 6.20 Å². The van der Waals surface area contributed by atoms with Crippen LogP contribution in [0.2, 0.25) is 0 Å². The zero-order valence-corrected chi connectivity index (χ0v) is 11.8. The maximum Gasteiger partial charge on any atom is 0.0932 e. The molecule has 100 valence electrons. The first-order valence-electron chi connectivity index (χ1n) is 5.86. The summed E-state index contributed by atoms with van der Waals surface area (Å²) >= 11 is 0. The molecule has 2 aromatic rings. The molecule has 1 aromatic heterocycles. The van der Waals surface area contributed by atoms with E-state index in [1.165, 1.54) is 5.39 Å². The molecular weight excluding hydrogens is 258 g/mol. The average molecular weight is 276 g/mol. The second-order valence-electron chi connectivity index (χ2n) is 4.09. The minimum Gasteiger partial charge on any atom is -0.361 e. The van der Waals surface area contributed by atoms with Crippen molar-refractivity contribution in [1.29, 1.82) is 0 Å². The van der Waals surface area contributed by atoms with Gasteiger partial charge in [0.25, 0.3) is 0 Å². The number of hydrogen-bond donors (Lipinski definition) is 0. The highest BCUT2D eigenvalue weighted by atomic mass is 35.5. The van der Waals surface area contributed by atoms with E-state index in [1.807, 2.05) is 54.8 Å². The van der Waals surface area contributed by atoms with Gasteiger partial charge in [0.1, 0.15) is 0 Å². The monoisotopic (exact) mass is 275 g/mol. The Kier molecular flexibility index (Phi) is 5.90. The molecule has 3 rings (SSSR count). The molecule has 0 fully saturated rings. The zero-order valence-electron chi connectivity index (χ0n) is 10.9. The van der Waals surface area contributed by atoms with Crippen molar-refractivity contribution >= 4 is 23.3 Å². The molecule has 1 aromatic carbocycles. The fourth-order valence-electron chi connectivity index (χ4n) is 1.69. The largest absolute Gasteiger partial charge is 0.361 e. The summed E-state index contributed by atoms with van der Waals surface area (Å²) in [6, 6.07) is 12.1. The Morgan fingerprint density at radius 3 is 2.47 bits per heavy atom. The summed E-state index contributed by atoms with van der Waals surface area (Å²) in [7, 11) is 2.03. The highest BCUT2D eigenvalue weighted by Crippen LogP contribution is 2.07. The molecule has 0 unspecified atom stereocenters. The van der Waals surface area contributed by atoms with Crippen LogP contribution in [0.15, 0.2) is 67.8 Å². The summed E-state index contributed by atoms with van der Waals surface area (Å²) < 4.78 is 0. The average Bonchev–Trinajstić information content (AvgIpc) is 2.86. The second-order valence-corrected chi connectivity index (χ2v) is 4.09. The number of fused-ring (bicyclic) bond motifs is 1. The standard InChI is InChI=1S/C9H7N.C6H10N2.ClH/c1-2-6-9-8(4-1)5-3-7-10-9;1-3-8-5-4-7(2)6-8;/h1-7H;3-5H,1,6H2,2H3;1H. The second kappa shape index (κ2) is 7.44. The van der Waals surface area contributed by atoms with E-state index in [-0.39, 0.29) is 12.4 Å². The summed E-state index contributed by atoms with van der Waals surface area (Å²) in [6.45, 7) is 4.56. The van der Waals surface area contributed by atoms with Crippen LogP contribution in [0.3, 0.4) is 0 Å². The van der Waals surface area contributed by atoms with Crippen LogP contribution in [-0.4, -0.2) is 28.5 Å². The summed E-state index contributed by atoms with van der Waals surface area (Å²) in [4.78, 5) is 8.28. The maximum absolute atomic E-state index is 4.18. The lowest BCUT2D eigenvalue weighted by atomic mass is 10.2. The number of halogens is 1. The number of hydrogen-bond acceptors (Lipinski definition) is 3. The number of rotatable bonds is 1. The van der Waals surface area contributed by atoms with Crippen molar-refractivity contribution < 1.29 is 0 Å². The van der Waals surface area contributed by atoms with Gasteiger partial charge in [-0.15, -0.1) is 12.4 Å². The molecule has 4 heteroatoms. The van der Waals surface area contributed by atoms with Gasteiger partial charge < -0.3 is 9.80 Å². The van der Waals surface area contributed by atoms with Crippen LogP contribution in [0.1, 0.15) is 0 Å². The van der Waals surface area contributed by atoms with E-state index in [0.29, 0.717) is 0 Å². The Bertz CT molecular complexity index is 488. The Labute approximate surface area is 120 Å². The van der Waals surface area contributed by atoms with Crippen LogP contribution in [0.4, 0.5) is 0 Å². The molecule has 2 heterocycles. The molecule has 1 aliphatic heterocycles. The normalized spacial score (nSPS) is 12.7. The molecule has 0 saturated heterocycles. The quantitative estimate of drug-likeness (QED) is 0.794. The first-order valence-corrected chi connectivity index (χ1v) is 5.86. The Hall–Kier alpha value is -2.00. The molecule has 0 saturated carbocycles. The molecule has 0 spiro atoms. The Morgan fingerprint density at radius 2 is 1.89 bits per heavy atom. The third-order valence-electron chi connectivity index (χ3n) is 2.65. The summed E-state index contributed by atoms with van der Waals surface area (Å²) in [5.41, 5.74) is 1.06. The van der Waals surface area contributed by atoms with E-state index >= 15 is 0 Å². The molecule has 0 radical (unpaired) electrons. The van der Waals surface area contributed by atoms with E-state index in [9.17, 15) is 0 Å². The predicted octanol–water partition coefficient (Wildman–Crippen LogP) is 3.46. The molecule has 3 nitrogen and oxygen atoms in total. The van der Waals surface area contributed by atoms with Gasteiger partial charge in [-0.05, 0) is 18.3 Å². The molecule has 0 amide bonds. The number of benzene rings is 1. The highest BCUT2D eigenvalue weighted by Gasteiger charge is 2.01. The predicted molar refractivity (Wildman–Crippen MR) is 82.8 cm³/mol. The zero-order chi connectivity index (χ0) is 12.8. The van der Waals surface area contributed by atoms with Gasteiger partial charge in [0.2, 0.25) is 0 Å². The van der Waals surface area contributed by atoms with Crippen LogP contribution in [-0.2, 0) is 0 Å². The fourth-order valence-corrected chi connectivity index (χ4v) is 1.69. The van der Waals surface area contributed by atoms with Crippen molar-refractivity contribution in [3.63, 3.8) is 0 Å². The third-order valence-corrected chi connectivity index (χ3v) is 2.65. The van der Waals surface area contributed by atoms with Crippen molar-refractivity contribution in [2.75, 3.05) is 13.7 Å². The first kappa shape index (κ1) is 15.1. The minimum absolute atomic E-state index is 0. The van der Waals surface area contributed by atoms with E-state index in [4.69, 9.17) is 0 Å². The third kappa shape index (κ3) is 4.30. The van der Waals surface area contributed by atoms with Crippen molar-refractivity contribution in [1.82, 2.24) is 14.8 Å². The molecule has 0 N–H and O–H groups in total. The number of aromatic nitrogens is 1. The summed E-state index contributed by atoms with van der Waals surface area (Å²) in [5.74, 6) is 0. The van der Waals surface area contributed by atoms with E-state index in [2.05, 4.69) is 28.6 Å². The molecule has 0 bridgehead atoms. The molecule has 0 aliphatic carbocycles. The van der Waals surface area contributed by atoms with Crippen molar-refractivity contribution in [3.8, 4) is 0 Å². The Balaban J connectivity index is 0.000000185. The van der Waals surface area contributed by atoms with Gasteiger partial charge in [0.05, 0.1) is 12.2 Å². The van der Waals surface area contributed by atoms with Crippen LogP contribution in [0, 0.1) is 0 Å². The molecule has 19 heavy (non-hydrogen) atoms. The number of pyridine rings is 1. The lowest BCUT2D eigenvalue weighted by Crippen LogP contribution is -2.16. The maximum atomic E-state index is 4.18. The number of para-hydroxylation sites is 1. The van der Waals surface area contributed by atoms with Crippen LogP contribution >= 0.6 is 12.4 Å². The van der Waals surface area contributed by atoms with Gasteiger partial charge in [0.15, 0.2) is 0 Å². The summed E-state index contributed by atoms with van der Waals surface area (Å²) in [6.07, 6.45) is 7.62. The van der Waals surface area contributed by atoms with Gasteiger partial charge in [0, 0.05) is 31.0 Å². The first-order chi connectivity index (χ1) is 8.79. The smallest absolute Gasteiger partial charge is 0.0932 e. The summed E-state index contributed by atoms with van der Waals surface area (Å²) in [5, 5.41) is 1.20.